The average Bonchev–Trinajstić information content (AvgIpc) is 2.89. The summed E-state index contributed by atoms with van der Waals surface area (Å²) in [6.07, 6.45) is 2.82. The highest BCUT2D eigenvalue weighted by Gasteiger charge is 2.30. The van der Waals surface area contributed by atoms with E-state index in [4.69, 9.17) is 23.2 Å². The molecule has 1 amide bonds. The monoisotopic (exact) mass is 328 g/mol. The first-order valence-electron chi connectivity index (χ1n) is 7.42. The lowest BCUT2D eigenvalue weighted by Crippen LogP contribution is -2.43. The van der Waals surface area contributed by atoms with Gasteiger partial charge in [0.2, 0.25) is 5.91 Å². The first-order valence-corrected chi connectivity index (χ1v) is 8.17. The zero-order valence-corrected chi connectivity index (χ0v) is 14.0. The van der Waals surface area contributed by atoms with Crippen molar-refractivity contribution in [3.63, 3.8) is 0 Å². The minimum atomic E-state index is -0.0684. The summed E-state index contributed by atoms with van der Waals surface area (Å²) in [4.78, 5) is 14.7. The molecule has 1 saturated heterocycles. The van der Waals surface area contributed by atoms with E-state index in [0.717, 1.165) is 31.5 Å². The molecule has 0 saturated carbocycles. The van der Waals surface area contributed by atoms with E-state index in [2.05, 4.69) is 5.32 Å². The minimum absolute atomic E-state index is 0.0684. The second-order valence-electron chi connectivity index (χ2n) is 5.73. The molecular weight excluding hydrogens is 307 g/mol. The van der Waals surface area contributed by atoms with E-state index >= 15 is 0 Å². The van der Waals surface area contributed by atoms with Gasteiger partial charge in [0.15, 0.2) is 0 Å². The van der Waals surface area contributed by atoms with Crippen LogP contribution in [0.2, 0.25) is 10.0 Å². The maximum absolute atomic E-state index is 12.6. The van der Waals surface area contributed by atoms with E-state index in [1.807, 2.05) is 31.0 Å². The van der Waals surface area contributed by atoms with Gasteiger partial charge >= 0.3 is 0 Å². The third kappa shape index (κ3) is 4.12. The van der Waals surface area contributed by atoms with Crippen molar-refractivity contribution in [2.45, 2.75) is 32.2 Å². The van der Waals surface area contributed by atoms with Gasteiger partial charge in [0.25, 0.3) is 0 Å². The molecule has 0 radical (unpaired) electrons. The number of rotatable bonds is 5. The molecule has 0 spiro atoms. The lowest BCUT2D eigenvalue weighted by Gasteiger charge is -2.27. The molecule has 116 valence electrons. The van der Waals surface area contributed by atoms with Gasteiger partial charge in [-0.15, -0.1) is 0 Å². The molecule has 1 aliphatic heterocycles. The fourth-order valence-electron chi connectivity index (χ4n) is 2.96. The number of nitrogens with zero attached hydrogens (tertiary/aromatic N) is 1. The highest BCUT2D eigenvalue weighted by atomic mass is 35.5. The zero-order chi connectivity index (χ0) is 15.4. The predicted molar refractivity (Wildman–Crippen MR) is 88.0 cm³/mol. The van der Waals surface area contributed by atoms with Gasteiger partial charge in [-0.25, -0.2) is 0 Å². The van der Waals surface area contributed by atoms with Crippen molar-refractivity contribution in [2.75, 3.05) is 20.1 Å². The summed E-state index contributed by atoms with van der Waals surface area (Å²) in [7, 11) is 1.93. The Hall–Kier alpha value is -0.770. The zero-order valence-electron chi connectivity index (χ0n) is 12.5. The third-order valence-corrected chi connectivity index (χ3v) is 4.65. The Labute approximate surface area is 136 Å². The molecular formula is C16H22Cl2N2O. The van der Waals surface area contributed by atoms with Gasteiger partial charge in [0, 0.05) is 35.1 Å². The van der Waals surface area contributed by atoms with E-state index < -0.39 is 0 Å². The standard InChI is InChI=1S/C16H22Cl2N2O/c1-11(8-12-5-6-13(17)9-15(12)18)16(21)20-7-3-4-14(20)10-19-2/h5-6,9,11,14,19H,3-4,7-8,10H2,1-2H3. The van der Waals surface area contributed by atoms with Crippen molar-refractivity contribution in [3.05, 3.63) is 33.8 Å². The van der Waals surface area contributed by atoms with Crippen LogP contribution in [0.5, 0.6) is 0 Å². The summed E-state index contributed by atoms with van der Waals surface area (Å²) in [6, 6.07) is 5.78. The maximum atomic E-state index is 12.6. The molecule has 0 aromatic heterocycles. The summed E-state index contributed by atoms with van der Waals surface area (Å²) in [5, 5.41) is 4.43. The van der Waals surface area contributed by atoms with Crippen LogP contribution in [0.25, 0.3) is 0 Å². The Kier molecular flexibility index (Phi) is 5.91. The van der Waals surface area contributed by atoms with E-state index in [1.165, 1.54) is 0 Å². The molecule has 5 heteroatoms. The van der Waals surface area contributed by atoms with E-state index in [1.54, 1.807) is 6.07 Å². The van der Waals surface area contributed by atoms with Crippen LogP contribution in [0.3, 0.4) is 0 Å². The molecule has 1 aromatic carbocycles. The molecule has 2 unspecified atom stereocenters. The van der Waals surface area contributed by atoms with Gasteiger partial charge in [0.05, 0.1) is 0 Å². The summed E-state index contributed by atoms with van der Waals surface area (Å²) in [5.41, 5.74) is 0.978. The van der Waals surface area contributed by atoms with Gasteiger partial charge in [-0.2, -0.15) is 0 Å². The van der Waals surface area contributed by atoms with Crippen LogP contribution in [0.15, 0.2) is 18.2 Å². The van der Waals surface area contributed by atoms with Gasteiger partial charge in [-0.05, 0) is 44.0 Å². The number of nitrogens with one attached hydrogen (secondary N) is 1. The molecule has 0 bridgehead atoms. The first-order chi connectivity index (χ1) is 10.0. The summed E-state index contributed by atoms with van der Waals surface area (Å²) < 4.78 is 0. The Bertz CT molecular complexity index is 507. The normalized spacial score (nSPS) is 19.8. The van der Waals surface area contributed by atoms with Crippen LogP contribution in [0.4, 0.5) is 0 Å². The number of hydrogen-bond acceptors (Lipinski definition) is 2. The van der Waals surface area contributed by atoms with Crippen molar-refractivity contribution in [3.8, 4) is 0 Å². The summed E-state index contributed by atoms with van der Waals surface area (Å²) >= 11 is 12.1. The highest BCUT2D eigenvalue weighted by molar-refractivity contribution is 6.35. The van der Waals surface area contributed by atoms with Crippen LogP contribution < -0.4 is 5.32 Å². The molecule has 1 heterocycles. The van der Waals surface area contributed by atoms with Crippen LogP contribution in [-0.2, 0) is 11.2 Å². The molecule has 1 fully saturated rings. The Morgan fingerprint density at radius 2 is 2.24 bits per heavy atom. The fraction of sp³-hybridized carbons (Fsp3) is 0.562. The van der Waals surface area contributed by atoms with Gasteiger partial charge in [-0.1, -0.05) is 36.2 Å². The van der Waals surface area contributed by atoms with Crippen LogP contribution in [0, 0.1) is 5.92 Å². The molecule has 1 aromatic rings. The van der Waals surface area contributed by atoms with Crippen molar-refractivity contribution in [1.82, 2.24) is 10.2 Å². The Morgan fingerprint density at radius 1 is 1.48 bits per heavy atom. The van der Waals surface area contributed by atoms with Gasteiger partial charge in [-0.3, -0.25) is 4.79 Å². The summed E-state index contributed by atoms with van der Waals surface area (Å²) in [5.74, 6) is 0.153. The number of halogens is 2. The molecule has 2 rings (SSSR count). The van der Waals surface area contributed by atoms with Crippen LogP contribution in [-0.4, -0.2) is 37.0 Å². The molecule has 1 aliphatic rings. The largest absolute Gasteiger partial charge is 0.338 e. The molecule has 21 heavy (non-hydrogen) atoms. The summed E-state index contributed by atoms with van der Waals surface area (Å²) in [6.45, 7) is 3.70. The number of hydrogen-bond donors (Lipinski definition) is 1. The van der Waals surface area contributed by atoms with Gasteiger partial charge in [0.1, 0.15) is 0 Å². The SMILES string of the molecule is CNCC1CCCN1C(=O)C(C)Cc1ccc(Cl)cc1Cl. The number of benzene rings is 1. The number of carbonyl (C=O) groups is 1. The van der Waals surface area contributed by atoms with Gasteiger partial charge < -0.3 is 10.2 Å². The lowest BCUT2D eigenvalue weighted by atomic mass is 9.99. The average molecular weight is 329 g/mol. The Balaban J connectivity index is 2.02. The van der Waals surface area contributed by atoms with E-state index in [-0.39, 0.29) is 11.8 Å². The third-order valence-electron chi connectivity index (χ3n) is 4.06. The minimum Gasteiger partial charge on any atom is -0.338 e. The Morgan fingerprint density at radius 3 is 2.90 bits per heavy atom. The molecule has 1 N–H and O–H groups in total. The van der Waals surface area contributed by atoms with Crippen molar-refractivity contribution in [1.29, 1.82) is 0 Å². The molecule has 2 atom stereocenters. The van der Waals surface area contributed by atoms with E-state index in [0.29, 0.717) is 22.5 Å². The number of likely N-dealkylation sites (tertiary alicyclic amines) is 1. The van der Waals surface area contributed by atoms with Crippen LogP contribution in [0.1, 0.15) is 25.3 Å². The second kappa shape index (κ2) is 7.48. The predicted octanol–water partition coefficient (Wildman–Crippen LogP) is 3.38. The van der Waals surface area contributed by atoms with E-state index in [9.17, 15) is 4.79 Å². The topological polar surface area (TPSA) is 32.3 Å². The highest BCUT2D eigenvalue weighted by Crippen LogP contribution is 2.25. The fourth-order valence-corrected chi connectivity index (χ4v) is 3.45. The van der Waals surface area contributed by atoms with Crippen molar-refractivity contribution >= 4 is 29.1 Å². The lowest BCUT2D eigenvalue weighted by molar-refractivity contribution is -0.135. The number of likely N-dealkylation sites (N-methyl/N-ethyl adjacent to an activating group) is 1. The first kappa shape index (κ1) is 16.6. The smallest absolute Gasteiger partial charge is 0.226 e. The molecule has 0 aliphatic carbocycles. The maximum Gasteiger partial charge on any atom is 0.226 e. The molecule has 3 nitrogen and oxygen atoms in total. The van der Waals surface area contributed by atoms with Crippen LogP contribution >= 0.6 is 23.2 Å². The quantitative estimate of drug-likeness (QED) is 0.898. The number of carbonyl (C=O) groups excluding carboxylic acids is 1. The number of amides is 1. The van der Waals surface area contributed by atoms with Crippen molar-refractivity contribution < 1.29 is 4.79 Å². The van der Waals surface area contributed by atoms with Crippen molar-refractivity contribution in [2.24, 2.45) is 5.92 Å². The second-order valence-corrected chi connectivity index (χ2v) is 6.57.